The van der Waals surface area contributed by atoms with E-state index in [-0.39, 0.29) is 11.4 Å². The molecule has 140 valence electrons. The van der Waals surface area contributed by atoms with Crippen LogP contribution in [0.5, 0.6) is 0 Å². The van der Waals surface area contributed by atoms with Crippen LogP contribution in [0, 0.1) is 6.92 Å². The van der Waals surface area contributed by atoms with Gasteiger partial charge in [0.2, 0.25) is 5.91 Å². The highest BCUT2D eigenvalue weighted by atomic mass is 16.2. The summed E-state index contributed by atoms with van der Waals surface area (Å²) < 4.78 is 0. The average Bonchev–Trinajstić information content (AvgIpc) is 2.61. The van der Waals surface area contributed by atoms with E-state index in [2.05, 4.69) is 68.4 Å². The zero-order valence-electron chi connectivity index (χ0n) is 16.7. The van der Waals surface area contributed by atoms with Crippen LogP contribution in [0.1, 0.15) is 43.0 Å². The topological polar surface area (TPSA) is 44.7 Å². The lowest BCUT2D eigenvalue weighted by Crippen LogP contribution is -2.42. The lowest BCUT2D eigenvalue weighted by Gasteiger charge is -2.41. The standard InChI is InChI=1S/C23H27N3O/c1-16-11-21-20(17(2)14-23(3,4)26(21)5)13-19(16)15-24-25-22(27)12-18-9-7-6-8-10-18/h6-11,13-15H,12H2,1-5H3,(H,25,27)/b24-15+. The number of carbonyl (C=O) groups excluding carboxylic acids is 1. The number of amides is 1. The van der Waals surface area contributed by atoms with Crippen molar-refractivity contribution in [2.75, 3.05) is 11.9 Å². The molecule has 0 aliphatic carbocycles. The van der Waals surface area contributed by atoms with Gasteiger partial charge in [0, 0.05) is 18.3 Å². The van der Waals surface area contributed by atoms with Gasteiger partial charge in [-0.2, -0.15) is 5.10 Å². The van der Waals surface area contributed by atoms with Crippen LogP contribution in [-0.2, 0) is 11.2 Å². The number of likely N-dealkylation sites (N-methyl/N-ethyl adjacent to an activating group) is 1. The highest BCUT2D eigenvalue weighted by molar-refractivity contribution is 5.90. The Morgan fingerprint density at radius 1 is 1.19 bits per heavy atom. The molecule has 0 spiro atoms. The van der Waals surface area contributed by atoms with E-state index >= 15 is 0 Å². The van der Waals surface area contributed by atoms with Crippen molar-refractivity contribution in [3.8, 4) is 0 Å². The molecule has 1 N–H and O–H groups in total. The quantitative estimate of drug-likeness (QED) is 0.651. The second kappa shape index (κ2) is 7.39. The van der Waals surface area contributed by atoms with Crippen molar-refractivity contribution in [3.05, 3.63) is 70.8 Å². The number of nitrogens with zero attached hydrogens (tertiary/aromatic N) is 2. The van der Waals surface area contributed by atoms with Crippen molar-refractivity contribution < 1.29 is 4.79 Å². The van der Waals surface area contributed by atoms with Crippen LogP contribution in [-0.4, -0.2) is 24.7 Å². The van der Waals surface area contributed by atoms with E-state index in [1.165, 1.54) is 16.8 Å². The minimum absolute atomic E-state index is 0.00938. The largest absolute Gasteiger partial charge is 0.365 e. The molecule has 0 bridgehead atoms. The molecule has 0 saturated heterocycles. The fourth-order valence-corrected chi connectivity index (χ4v) is 3.45. The minimum atomic E-state index is -0.120. The number of aryl methyl sites for hydroxylation is 1. The second-order valence-corrected chi connectivity index (χ2v) is 7.72. The molecule has 1 aliphatic heterocycles. The number of rotatable bonds is 4. The Bertz CT molecular complexity index is 911. The maximum atomic E-state index is 12.0. The van der Waals surface area contributed by atoms with Gasteiger partial charge in [-0.25, -0.2) is 5.43 Å². The fraction of sp³-hybridized carbons (Fsp3) is 0.304. The second-order valence-electron chi connectivity index (χ2n) is 7.72. The van der Waals surface area contributed by atoms with Crippen molar-refractivity contribution in [3.63, 3.8) is 0 Å². The first kappa shape index (κ1) is 18.9. The van der Waals surface area contributed by atoms with E-state index in [9.17, 15) is 4.79 Å². The van der Waals surface area contributed by atoms with Gasteiger partial charge < -0.3 is 4.90 Å². The molecule has 4 heteroatoms. The van der Waals surface area contributed by atoms with Gasteiger partial charge in [0.25, 0.3) is 0 Å². The molecule has 1 amide bonds. The summed E-state index contributed by atoms with van der Waals surface area (Å²) in [5.41, 5.74) is 9.42. The molecule has 27 heavy (non-hydrogen) atoms. The summed E-state index contributed by atoms with van der Waals surface area (Å²) in [7, 11) is 2.12. The molecule has 0 aromatic heterocycles. The van der Waals surface area contributed by atoms with Crippen molar-refractivity contribution in [2.24, 2.45) is 5.10 Å². The van der Waals surface area contributed by atoms with Crippen LogP contribution in [0.4, 0.5) is 5.69 Å². The van der Waals surface area contributed by atoms with Gasteiger partial charge in [0.1, 0.15) is 0 Å². The number of hydrazone groups is 1. The van der Waals surface area contributed by atoms with Gasteiger partial charge in [0.05, 0.1) is 18.2 Å². The Balaban J connectivity index is 1.76. The van der Waals surface area contributed by atoms with E-state index in [0.717, 1.165) is 16.7 Å². The van der Waals surface area contributed by atoms with E-state index in [1.54, 1.807) is 6.21 Å². The number of carbonyl (C=O) groups is 1. The van der Waals surface area contributed by atoms with Crippen molar-refractivity contribution in [2.45, 2.75) is 39.7 Å². The Hall–Kier alpha value is -2.88. The van der Waals surface area contributed by atoms with Gasteiger partial charge in [-0.1, -0.05) is 36.4 Å². The highest BCUT2D eigenvalue weighted by Gasteiger charge is 2.28. The molecule has 1 aliphatic rings. The van der Waals surface area contributed by atoms with E-state index in [1.807, 2.05) is 30.3 Å². The molecule has 0 saturated carbocycles. The molecule has 2 aromatic rings. The number of nitrogens with one attached hydrogen (secondary N) is 1. The van der Waals surface area contributed by atoms with Crippen LogP contribution >= 0.6 is 0 Å². The van der Waals surface area contributed by atoms with Crippen LogP contribution in [0.15, 0.2) is 53.6 Å². The third-order valence-electron chi connectivity index (χ3n) is 5.21. The van der Waals surface area contributed by atoms with Gasteiger partial charge in [0.15, 0.2) is 0 Å². The summed E-state index contributed by atoms with van der Waals surface area (Å²) >= 11 is 0. The number of allylic oxidation sites excluding steroid dienone is 1. The SMILES string of the molecule is CC1=CC(C)(C)N(C)c2cc(C)c(/C=N/NC(=O)Cc3ccccc3)cc21. The van der Waals surface area contributed by atoms with Crippen molar-refractivity contribution in [1.29, 1.82) is 0 Å². The molecule has 0 unspecified atom stereocenters. The van der Waals surface area contributed by atoms with Crippen LogP contribution in [0.2, 0.25) is 0 Å². The molecule has 4 nitrogen and oxygen atoms in total. The normalized spacial score (nSPS) is 15.4. The summed E-state index contributed by atoms with van der Waals surface area (Å²) in [5.74, 6) is -0.120. The van der Waals surface area contributed by atoms with Gasteiger partial charge in [-0.3, -0.25) is 4.79 Å². The maximum Gasteiger partial charge on any atom is 0.244 e. The Morgan fingerprint density at radius 2 is 1.89 bits per heavy atom. The molecule has 0 radical (unpaired) electrons. The maximum absolute atomic E-state index is 12.0. The lowest BCUT2D eigenvalue weighted by molar-refractivity contribution is -0.120. The van der Waals surface area contributed by atoms with Crippen LogP contribution in [0.3, 0.4) is 0 Å². The van der Waals surface area contributed by atoms with Crippen molar-refractivity contribution >= 4 is 23.4 Å². The number of hydrogen-bond acceptors (Lipinski definition) is 3. The van der Waals surface area contributed by atoms with E-state index < -0.39 is 0 Å². The predicted octanol–water partition coefficient (Wildman–Crippen LogP) is 4.32. The molecular formula is C23H27N3O. The third kappa shape index (κ3) is 4.11. The first-order valence-corrected chi connectivity index (χ1v) is 9.22. The van der Waals surface area contributed by atoms with Gasteiger partial charge in [-0.05, 0) is 62.1 Å². The summed E-state index contributed by atoms with van der Waals surface area (Å²) in [6.07, 6.45) is 4.34. The summed E-state index contributed by atoms with van der Waals surface area (Å²) in [6.45, 7) is 8.65. The Labute approximate surface area is 161 Å². The van der Waals surface area contributed by atoms with Gasteiger partial charge >= 0.3 is 0 Å². The summed E-state index contributed by atoms with van der Waals surface area (Å²) in [5, 5.41) is 4.16. The number of hydrogen-bond donors (Lipinski definition) is 1. The number of fused-ring (bicyclic) bond motifs is 1. The first-order chi connectivity index (χ1) is 12.8. The van der Waals surface area contributed by atoms with Gasteiger partial charge in [-0.15, -0.1) is 0 Å². The minimum Gasteiger partial charge on any atom is -0.365 e. The smallest absolute Gasteiger partial charge is 0.244 e. The van der Waals surface area contributed by atoms with Crippen LogP contribution in [0.25, 0.3) is 5.57 Å². The zero-order chi connectivity index (χ0) is 19.6. The van der Waals surface area contributed by atoms with E-state index in [4.69, 9.17) is 0 Å². The Kier molecular flexibility index (Phi) is 5.17. The number of benzene rings is 2. The molecule has 0 fully saturated rings. The summed E-state index contributed by atoms with van der Waals surface area (Å²) in [6, 6.07) is 14.0. The molecule has 3 rings (SSSR count). The fourth-order valence-electron chi connectivity index (χ4n) is 3.45. The lowest BCUT2D eigenvalue weighted by atomic mass is 9.87. The molecular weight excluding hydrogens is 334 g/mol. The monoisotopic (exact) mass is 361 g/mol. The van der Waals surface area contributed by atoms with Crippen molar-refractivity contribution in [1.82, 2.24) is 5.43 Å². The Morgan fingerprint density at radius 3 is 2.59 bits per heavy atom. The zero-order valence-corrected chi connectivity index (χ0v) is 16.7. The first-order valence-electron chi connectivity index (χ1n) is 9.22. The number of anilines is 1. The summed E-state index contributed by atoms with van der Waals surface area (Å²) in [4.78, 5) is 14.3. The third-order valence-corrected chi connectivity index (χ3v) is 5.21. The molecule has 1 heterocycles. The predicted molar refractivity (Wildman–Crippen MR) is 113 cm³/mol. The van der Waals surface area contributed by atoms with Crippen LogP contribution < -0.4 is 10.3 Å². The van der Waals surface area contributed by atoms with E-state index in [0.29, 0.717) is 6.42 Å². The molecule has 2 aromatic carbocycles. The highest BCUT2D eigenvalue weighted by Crippen LogP contribution is 2.38. The molecule has 0 atom stereocenters. The average molecular weight is 361 g/mol.